The second kappa shape index (κ2) is 6.15. The lowest BCUT2D eigenvalue weighted by Gasteiger charge is -2.41. The summed E-state index contributed by atoms with van der Waals surface area (Å²) < 4.78 is 5.41. The number of ether oxygens (including phenoxy) is 1. The molecule has 1 aliphatic rings. The molecule has 3 nitrogen and oxygen atoms in total. The highest BCUT2D eigenvalue weighted by molar-refractivity contribution is 5.44. The maximum absolute atomic E-state index is 5.41. The highest BCUT2D eigenvalue weighted by Crippen LogP contribution is 2.28. The Morgan fingerprint density at radius 2 is 1.80 bits per heavy atom. The predicted molar refractivity (Wildman–Crippen MR) is 84.7 cm³/mol. The Balaban J connectivity index is 2.18. The van der Waals surface area contributed by atoms with Crippen LogP contribution in [0.15, 0.2) is 12.1 Å². The fourth-order valence-electron chi connectivity index (χ4n) is 3.11. The van der Waals surface area contributed by atoms with Gasteiger partial charge in [0.05, 0.1) is 7.11 Å². The molecule has 1 N–H and O–H groups in total. The van der Waals surface area contributed by atoms with Gasteiger partial charge >= 0.3 is 0 Å². The number of piperazine rings is 1. The summed E-state index contributed by atoms with van der Waals surface area (Å²) in [5.74, 6) is 0.992. The first-order chi connectivity index (χ1) is 9.45. The molecule has 0 amide bonds. The number of benzene rings is 1. The first-order valence-corrected chi connectivity index (χ1v) is 7.54. The van der Waals surface area contributed by atoms with Gasteiger partial charge in [0.25, 0.3) is 0 Å². The van der Waals surface area contributed by atoms with Gasteiger partial charge < -0.3 is 10.1 Å². The highest BCUT2D eigenvalue weighted by Gasteiger charge is 2.28. The highest BCUT2D eigenvalue weighted by atomic mass is 16.5. The third kappa shape index (κ3) is 3.15. The summed E-state index contributed by atoms with van der Waals surface area (Å²) in [6.45, 7) is 13.6. The van der Waals surface area contributed by atoms with Crippen molar-refractivity contribution in [1.82, 2.24) is 10.2 Å². The molecule has 0 aromatic heterocycles. The maximum Gasteiger partial charge on any atom is 0.122 e. The molecule has 0 bridgehead atoms. The molecule has 20 heavy (non-hydrogen) atoms. The molecular formula is C17H28N2O. The van der Waals surface area contributed by atoms with Gasteiger partial charge in [0.15, 0.2) is 0 Å². The van der Waals surface area contributed by atoms with Crippen molar-refractivity contribution >= 4 is 0 Å². The van der Waals surface area contributed by atoms with Crippen molar-refractivity contribution in [3.8, 4) is 5.75 Å². The van der Waals surface area contributed by atoms with E-state index in [0.29, 0.717) is 0 Å². The molecule has 1 aliphatic heterocycles. The summed E-state index contributed by atoms with van der Waals surface area (Å²) in [4.78, 5) is 2.60. The summed E-state index contributed by atoms with van der Waals surface area (Å²) >= 11 is 0. The Labute approximate surface area is 123 Å². The summed E-state index contributed by atoms with van der Waals surface area (Å²) in [5.41, 5.74) is 4.27. The van der Waals surface area contributed by atoms with Crippen LogP contribution in [0.5, 0.6) is 5.75 Å². The summed E-state index contributed by atoms with van der Waals surface area (Å²) in [6, 6.07) is 4.33. The van der Waals surface area contributed by atoms with Crippen LogP contribution in [0.25, 0.3) is 0 Å². The van der Waals surface area contributed by atoms with Crippen LogP contribution in [0.4, 0.5) is 0 Å². The van der Waals surface area contributed by atoms with Gasteiger partial charge in [0, 0.05) is 31.7 Å². The van der Waals surface area contributed by atoms with Crippen LogP contribution in [0.2, 0.25) is 0 Å². The fraction of sp³-hybridized carbons (Fsp3) is 0.647. The standard InChI is InChI=1S/C17H28N2O/c1-13-14(2)16(20-5)7-6-15(13)12-17(3,4)19-10-8-18-9-11-19/h6-7,18H,8-12H2,1-5H3. The van der Waals surface area contributed by atoms with Gasteiger partial charge in [-0.15, -0.1) is 0 Å². The normalized spacial score (nSPS) is 17.2. The molecule has 1 aromatic rings. The van der Waals surface area contributed by atoms with Crippen molar-refractivity contribution in [3.63, 3.8) is 0 Å². The van der Waals surface area contributed by atoms with Crippen molar-refractivity contribution < 1.29 is 4.74 Å². The molecule has 0 aliphatic carbocycles. The molecule has 0 radical (unpaired) electrons. The quantitative estimate of drug-likeness (QED) is 0.914. The molecule has 1 fully saturated rings. The van der Waals surface area contributed by atoms with E-state index in [-0.39, 0.29) is 5.54 Å². The second-order valence-corrected chi connectivity index (χ2v) is 6.40. The van der Waals surface area contributed by atoms with E-state index in [1.165, 1.54) is 16.7 Å². The molecule has 112 valence electrons. The minimum atomic E-state index is 0.202. The number of nitrogens with one attached hydrogen (secondary N) is 1. The second-order valence-electron chi connectivity index (χ2n) is 6.40. The van der Waals surface area contributed by atoms with Gasteiger partial charge in [-0.05, 0) is 56.9 Å². The van der Waals surface area contributed by atoms with Crippen molar-refractivity contribution in [2.45, 2.75) is 39.7 Å². The van der Waals surface area contributed by atoms with Crippen molar-refractivity contribution in [3.05, 3.63) is 28.8 Å². The lowest BCUT2D eigenvalue weighted by molar-refractivity contribution is 0.103. The zero-order valence-electron chi connectivity index (χ0n) is 13.5. The Morgan fingerprint density at radius 1 is 1.15 bits per heavy atom. The number of rotatable bonds is 4. The van der Waals surface area contributed by atoms with Crippen molar-refractivity contribution in [2.24, 2.45) is 0 Å². The van der Waals surface area contributed by atoms with Crippen LogP contribution in [0.1, 0.15) is 30.5 Å². The molecule has 0 saturated carbocycles. The minimum Gasteiger partial charge on any atom is -0.496 e. The summed E-state index contributed by atoms with van der Waals surface area (Å²) in [5, 5.41) is 3.43. The van der Waals surface area contributed by atoms with E-state index >= 15 is 0 Å². The van der Waals surface area contributed by atoms with Gasteiger partial charge in [0.2, 0.25) is 0 Å². The Hall–Kier alpha value is -1.06. The van der Waals surface area contributed by atoms with E-state index in [4.69, 9.17) is 4.74 Å². The minimum absolute atomic E-state index is 0.202. The monoisotopic (exact) mass is 276 g/mol. The number of methoxy groups -OCH3 is 1. The Morgan fingerprint density at radius 3 is 2.40 bits per heavy atom. The lowest BCUT2D eigenvalue weighted by Crippen LogP contribution is -2.54. The van der Waals surface area contributed by atoms with Crippen LogP contribution in [-0.4, -0.2) is 43.7 Å². The molecule has 0 spiro atoms. The van der Waals surface area contributed by atoms with E-state index in [1.807, 2.05) is 0 Å². The van der Waals surface area contributed by atoms with Gasteiger partial charge in [-0.3, -0.25) is 4.90 Å². The van der Waals surface area contributed by atoms with E-state index in [9.17, 15) is 0 Å². The molecule has 0 atom stereocenters. The van der Waals surface area contributed by atoms with Gasteiger partial charge in [-0.2, -0.15) is 0 Å². The van der Waals surface area contributed by atoms with Crippen molar-refractivity contribution in [1.29, 1.82) is 0 Å². The first-order valence-electron chi connectivity index (χ1n) is 7.54. The summed E-state index contributed by atoms with van der Waals surface area (Å²) in [7, 11) is 1.74. The van der Waals surface area contributed by atoms with Crippen molar-refractivity contribution in [2.75, 3.05) is 33.3 Å². The SMILES string of the molecule is COc1ccc(CC(C)(C)N2CCNCC2)c(C)c1C. The lowest BCUT2D eigenvalue weighted by atomic mass is 9.88. The number of hydrogen-bond acceptors (Lipinski definition) is 3. The molecule has 0 unspecified atom stereocenters. The maximum atomic E-state index is 5.41. The zero-order chi connectivity index (χ0) is 14.8. The average molecular weight is 276 g/mol. The van der Waals surface area contributed by atoms with Crippen LogP contribution >= 0.6 is 0 Å². The number of hydrogen-bond donors (Lipinski definition) is 1. The van der Waals surface area contributed by atoms with Gasteiger partial charge in [0.1, 0.15) is 5.75 Å². The average Bonchev–Trinajstić information content (AvgIpc) is 2.45. The molecule has 2 rings (SSSR count). The predicted octanol–water partition coefficient (Wildman–Crippen LogP) is 2.54. The molecule has 1 saturated heterocycles. The third-order valence-electron chi connectivity index (χ3n) is 4.67. The Bertz CT molecular complexity index is 462. The summed E-state index contributed by atoms with van der Waals surface area (Å²) in [6.07, 6.45) is 1.09. The van der Waals surface area contributed by atoms with E-state index < -0.39 is 0 Å². The van der Waals surface area contributed by atoms with Gasteiger partial charge in [-0.25, -0.2) is 0 Å². The molecule has 1 heterocycles. The Kier molecular flexibility index (Phi) is 4.71. The van der Waals surface area contributed by atoms with E-state index in [1.54, 1.807) is 7.11 Å². The van der Waals surface area contributed by atoms with Gasteiger partial charge in [-0.1, -0.05) is 6.07 Å². The number of nitrogens with zero attached hydrogens (tertiary/aromatic N) is 1. The third-order valence-corrected chi connectivity index (χ3v) is 4.67. The van der Waals surface area contributed by atoms with Crippen LogP contribution in [0, 0.1) is 13.8 Å². The topological polar surface area (TPSA) is 24.5 Å². The fourth-order valence-corrected chi connectivity index (χ4v) is 3.11. The largest absolute Gasteiger partial charge is 0.496 e. The van der Waals surface area contributed by atoms with Crippen LogP contribution in [0.3, 0.4) is 0 Å². The first kappa shape index (κ1) is 15.3. The zero-order valence-corrected chi connectivity index (χ0v) is 13.5. The molecular weight excluding hydrogens is 248 g/mol. The molecule has 1 aromatic carbocycles. The van der Waals surface area contributed by atoms with E-state index in [0.717, 1.165) is 38.3 Å². The van der Waals surface area contributed by atoms with Crippen LogP contribution in [-0.2, 0) is 6.42 Å². The smallest absolute Gasteiger partial charge is 0.122 e. The van der Waals surface area contributed by atoms with Crippen LogP contribution < -0.4 is 10.1 Å². The molecule has 3 heteroatoms. The van der Waals surface area contributed by atoms with E-state index in [2.05, 4.69) is 50.0 Å².